The molecular formula is C9H7F13S. The van der Waals surface area contributed by atoms with Gasteiger partial charge in [-0.1, -0.05) is 6.92 Å². The molecule has 0 radical (unpaired) electrons. The Bertz CT molecular complexity index is 424. The molecule has 0 heterocycles. The highest BCUT2D eigenvalue weighted by molar-refractivity contribution is 7.80. The summed E-state index contributed by atoms with van der Waals surface area (Å²) < 4.78 is 164. The van der Waals surface area contributed by atoms with Crippen LogP contribution in [0, 0.1) is 5.92 Å². The maximum atomic E-state index is 13.2. The molecule has 1 unspecified atom stereocenters. The van der Waals surface area contributed by atoms with Crippen LogP contribution in [-0.2, 0) is 0 Å². The van der Waals surface area contributed by atoms with Gasteiger partial charge in [-0.3, -0.25) is 0 Å². The first-order valence-electron chi connectivity index (χ1n) is 5.30. The quantitative estimate of drug-likeness (QED) is 0.459. The third-order valence-corrected chi connectivity index (χ3v) is 3.40. The molecule has 0 rings (SSSR count). The molecule has 23 heavy (non-hydrogen) atoms. The van der Waals surface area contributed by atoms with E-state index in [1.165, 1.54) is 0 Å². The summed E-state index contributed by atoms with van der Waals surface area (Å²) in [5, 5.41) is 0. The van der Waals surface area contributed by atoms with Crippen LogP contribution in [0.2, 0.25) is 0 Å². The number of hydrogen-bond acceptors (Lipinski definition) is 1. The molecule has 0 aliphatic rings. The third-order valence-electron chi connectivity index (χ3n) is 2.85. The zero-order valence-corrected chi connectivity index (χ0v) is 11.5. The highest BCUT2D eigenvalue weighted by atomic mass is 32.1. The van der Waals surface area contributed by atoms with E-state index < -0.39 is 47.5 Å². The molecule has 0 aromatic heterocycles. The van der Waals surface area contributed by atoms with E-state index in [0.717, 1.165) is 0 Å². The molecule has 0 amide bonds. The minimum atomic E-state index is -7.85. The largest absolute Gasteiger partial charge is 0.460 e. The highest BCUT2D eigenvalue weighted by Crippen LogP contribution is 2.61. The van der Waals surface area contributed by atoms with Crippen molar-refractivity contribution in [3.63, 3.8) is 0 Å². The Morgan fingerprint density at radius 1 is 0.609 bits per heavy atom. The van der Waals surface area contributed by atoms with Crippen molar-refractivity contribution in [2.45, 2.75) is 42.7 Å². The van der Waals surface area contributed by atoms with Crippen LogP contribution < -0.4 is 0 Å². The van der Waals surface area contributed by atoms with Gasteiger partial charge < -0.3 is 0 Å². The van der Waals surface area contributed by atoms with Gasteiger partial charge in [-0.2, -0.15) is 69.7 Å². The van der Waals surface area contributed by atoms with Crippen molar-refractivity contribution in [1.29, 1.82) is 0 Å². The Kier molecular flexibility index (Phi) is 5.62. The standard InChI is InChI=1S/C9H7F13S/c1-3(2-23)4(10,11)5(12,13)6(14,15)7(16,17)8(18,19)9(20,21)22/h3,23H,2H2,1H3. The zero-order chi connectivity index (χ0) is 19.3. The second kappa shape index (κ2) is 5.76. The predicted molar refractivity (Wildman–Crippen MR) is 53.8 cm³/mol. The van der Waals surface area contributed by atoms with E-state index in [0.29, 0.717) is 0 Å². The van der Waals surface area contributed by atoms with Gasteiger partial charge in [0, 0.05) is 5.92 Å². The number of hydrogen-bond donors (Lipinski definition) is 1. The lowest BCUT2D eigenvalue weighted by atomic mass is 9.89. The second-order valence-electron chi connectivity index (χ2n) is 4.50. The van der Waals surface area contributed by atoms with E-state index in [4.69, 9.17) is 0 Å². The van der Waals surface area contributed by atoms with E-state index in [1.54, 1.807) is 0 Å². The molecule has 0 aromatic carbocycles. The molecule has 0 aliphatic carbocycles. The van der Waals surface area contributed by atoms with Gasteiger partial charge >= 0.3 is 35.8 Å². The first kappa shape index (κ1) is 22.4. The van der Waals surface area contributed by atoms with Crippen LogP contribution in [0.1, 0.15) is 6.92 Å². The molecule has 0 aliphatic heterocycles. The predicted octanol–water partition coefficient (Wildman–Crippen LogP) is 5.29. The molecular weight excluding hydrogens is 387 g/mol. The van der Waals surface area contributed by atoms with E-state index in [2.05, 4.69) is 12.6 Å². The number of alkyl halides is 13. The summed E-state index contributed by atoms with van der Waals surface area (Å²) in [6.45, 7) is 0.136. The smallest absolute Gasteiger partial charge is 0.199 e. The average Bonchev–Trinajstić information content (AvgIpc) is 2.35. The summed E-state index contributed by atoms with van der Waals surface area (Å²) in [6.07, 6.45) is -7.39. The third kappa shape index (κ3) is 2.95. The monoisotopic (exact) mass is 394 g/mol. The molecule has 1 atom stereocenters. The summed E-state index contributed by atoms with van der Waals surface area (Å²) in [4.78, 5) is 0. The van der Waals surface area contributed by atoms with Crippen molar-refractivity contribution in [2.24, 2.45) is 5.92 Å². The molecule has 0 saturated carbocycles. The van der Waals surface area contributed by atoms with Gasteiger partial charge in [-0.15, -0.1) is 0 Å². The van der Waals surface area contributed by atoms with Crippen molar-refractivity contribution in [1.82, 2.24) is 0 Å². The molecule has 0 aromatic rings. The van der Waals surface area contributed by atoms with Crippen molar-refractivity contribution in [2.75, 3.05) is 5.75 Å². The van der Waals surface area contributed by atoms with E-state index >= 15 is 0 Å². The zero-order valence-electron chi connectivity index (χ0n) is 10.6. The molecule has 0 nitrogen and oxygen atoms in total. The fourth-order valence-corrected chi connectivity index (χ4v) is 1.44. The number of thiol groups is 1. The topological polar surface area (TPSA) is 0 Å². The maximum absolute atomic E-state index is 13.2. The summed E-state index contributed by atoms with van der Waals surface area (Å²) in [5.41, 5.74) is 0. The Balaban J connectivity index is 6.25. The molecule has 0 N–H and O–H groups in total. The van der Waals surface area contributed by atoms with Crippen LogP contribution in [0.25, 0.3) is 0 Å². The normalized spacial score (nSPS) is 17.3. The van der Waals surface area contributed by atoms with Crippen LogP contribution in [0.15, 0.2) is 0 Å². The van der Waals surface area contributed by atoms with Crippen molar-refractivity contribution in [3.8, 4) is 0 Å². The molecule has 0 spiro atoms. The molecule has 14 heteroatoms. The summed E-state index contributed by atoms with van der Waals surface area (Å²) >= 11 is 3.04. The number of rotatable bonds is 6. The fourth-order valence-electron chi connectivity index (χ4n) is 1.21. The highest BCUT2D eigenvalue weighted by Gasteiger charge is 2.90. The van der Waals surface area contributed by atoms with Gasteiger partial charge in [0.25, 0.3) is 0 Å². The molecule has 0 saturated heterocycles. The van der Waals surface area contributed by atoms with Gasteiger partial charge in [0.15, 0.2) is 0 Å². The number of halogens is 13. The van der Waals surface area contributed by atoms with Crippen molar-refractivity contribution >= 4 is 12.6 Å². The van der Waals surface area contributed by atoms with Gasteiger partial charge in [-0.25, -0.2) is 0 Å². The summed E-state index contributed by atoms with van der Waals surface area (Å²) in [6, 6.07) is 0. The first-order chi connectivity index (χ1) is 9.73. The van der Waals surface area contributed by atoms with E-state index in [-0.39, 0.29) is 6.92 Å². The van der Waals surface area contributed by atoms with Crippen LogP contribution in [0.5, 0.6) is 0 Å². The Hall–Kier alpha value is -0.560. The lowest BCUT2D eigenvalue weighted by Gasteiger charge is -2.41. The van der Waals surface area contributed by atoms with Crippen molar-refractivity contribution in [3.05, 3.63) is 0 Å². The molecule has 0 fully saturated rings. The first-order valence-corrected chi connectivity index (χ1v) is 5.93. The van der Waals surface area contributed by atoms with E-state index in [9.17, 15) is 57.1 Å². The van der Waals surface area contributed by atoms with Crippen LogP contribution in [0.3, 0.4) is 0 Å². The van der Waals surface area contributed by atoms with Gasteiger partial charge in [0.2, 0.25) is 0 Å². The van der Waals surface area contributed by atoms with Gasteiger partial charge in [0.05, 0.1) is 0 Å². The van der Waals surface area contributed by atoms with Gasteiger partial charge in [0.1, 0.15) is 0 Å². The van der Waals surface area contributed by atoms with Crippen LogP contribution >= 0.6 is 12.6 Å². The van der Waals surface area contributed by atoms with Crippen molar-refractivity contribution < 1.29 is 57.1 Å². The van der Waals surface area contributed by atoms with Crippen LogP contribution in [0.4, 0.5) is 57.1 Å². The molecule has 140 valence electrons. The van der Waals surface area contributed by atoms with E-state index in [1.807, 2.05) is 0 Å². The lowest BCUT2D eigenvalue weighted by Crippen LogP contribution is -2.70. The Morgan fingerprint density at radius 2 is 0.913 bits per heavy atom. The lowest BCUT2D eigenvalue weighted by molar-refractivity contribution is -0.442. The Labute approximate surface area is 125 Å². The van der Waals surface area contributed by atoms with Crippen LogP contribution in [-0.4, -0.2) is 41.5 Å². The molecule has 0 bridgehead atoms. The second-order valence-corrected chi connectivity index (χ2v) is 4.87. The maximum Gasteiger partial charge on any atom is 0.460 e. The average molecular weight is 394 g/mol. The minimum Gasteiger partial charge on any atom is -0.199 e. The minimum absolute atomic E-state index is 0.136. The van der Waals surface area contributed by atoms with Gasteiger partial charge in [-0.05, 0) is 5.75 Å². The summed E-state index contributed by atoms with van der Waals surface area (Å²) in [5.74, 6) is -40.7. The summed E-state index contributed by atoms with van der Waals surface area (Å²) in [7, 11) is 0. The fraction of sp³-hybridized carbons (Fsp3) is 1.00. The SMILES string of the molecule is CC(CS)C(F)(F)C(F)(F)C(F)(F)C(F)(F)C(F)(F)C(F)(F)F. The Morgan fingerprint density at radius 3 is 1.17 bits per heavy atom.